The van der Waals surface area contributed by atoms with E-state index >= 15 is 0 Å². The summed E-state index contributed by atoms with van der Waals surface area (Å²) >= 11 is 0. The van der Waals surface area contributed by atoms with Crippen molar-refractivity contribution in [1.82, 2.24) is 9.38 Å². The summed E-state index contributed by atoms with van der Waals surface area (Å²) in [6, 6.07) is 9.68. The molecule has 4 rings (SSSR count). The van der Waals surface area contributed by atoms with E-state index in [1.165, 1.54) is 23.8 Å². The largest absolute Gasteiger partial charge is 0.465 e. The lowest BCUT2D eigenvalue weighted by molar-refractivity contribution is 0.0600. The molecule has 1 unspecified atom stereocenters. The molecule has 1 aliphatic rings. The highest BCUT2D eigenvalue weighted by Gasteiger charge is 2.27. The van der Waals surface area contributed by atoms with E-state index < -0.39 is 17.9 Å². The van der Waals surface area contributed by atoms with Gasteiger partial charge in [0, 0.05) is 36.6 Å². The standard InChI is InChI=1S/C26H31N5O4/c1-16(28-20-8-6-5-7-18(20)23(27)33)19-13-17(25(34)35-4)15-31-22(32)14-21(29-24(19)31)30-11-9-26(2,3)10-12-30/h5-8,13-16,28H,9-12H2,1-4H3,(H2,27,33). The topological polar surface area (TPSA) is 119 Å². The fourth-order valence-electron chi connectivity index (χ4n) is 4.40. The van der Waals surface area contributed by atoms with Crippen molar-refractivity contribution < 1.29 is 14.3 Å². The number of para-hydroxylation sites is 1. The molecule has 3 aromatic rings. The molecule has 1 aliphatic heterocycles. The zero-order chi connectivity index (χ0) is 25.3. The summed E-state index contributed by atoms with van der Waals surface area (Å²) in [6.07, 6.45) is 3.46. The third kappa shape index (κ3) is 4.99. The van der Waals surface area contributed by atoms with Crippen molar-refractivity contribution >= 4 is 29.0 Å². The van der Waals surface area contributed by atoms with Crippen LogP contribution in [-0.4, -0.2) is 41.5 Å². The van der Waals surface area contributed by atoms with Gasteiger partial charge in [-0.2, -0.15) is 0 Å². The van der Waals surface area contributed by atoms with Crippen molar-refractivity contribution in [2.24, 2.45) is 11.1 Å². The summed E-state index contributed by atoms with van der Waals surface area (Å²) in [5, 5.41) is 3.29. The summed E-state index contributed by atoms with van der Waals surface area (Å²) in [7, 11) is 1.29. The number of anilines is 2. The molecular formula is C26H31N5O4. The number of benzene rings is 1. The average Bonchev–Trinajstić information content (AvgIpc) is 2.83. The monoisotopic (exact) mass is 477 g/mol. The van der Waals surface area contributed by atoms with Gasteiger partial charge in [-0.25, -0.2) is 9.78 Å². The molecule has 1 fully saturated rings. The van der Waals surface area contributed by atoms with Gasteiger partial charge >= 0.3 is 5.97 Å². The molecule has 1 amide bonds. The van der Waals surface area contributed by atoms with Gasteiger partial charge < -0.3 is 20.7 Å². The van der Waals surface area contributed by atoms with Gasteiger partial charge in [-0.3, -0.25) is 14.0 Å². The second-order valence-electron chi connectivity index (χ2n) is 9.75. The lowest BCUT2D eigenvalue weighted by atomic mass is 9.83. The van der Waals surface area contributed by atoms with E-state index in [1.807, 2.05) is 6.92 Å². The van der Waals surface area contributed by atoms with E-state index in [1.54, 1.807) is 30.3 Å². The third-order valence-corrected chi connectivity index (χ3v) is 6.67. The second-order valence-corrected chi connectivity index (χ2v) is 9.75. The van der Waals surface area contributed by atoms with Crippen molar-refractivity contribution in [1.29, 1.82) is 0 Å². The number of piperidine rings is 1. The van der Waals surface area contributed by atoms with Crippen molar-refractivity contribution in [2.45, 2.75) is 39.7 Å². The van der Waals surface area contributed by atoms with Gasteiger partial charge in [-0.1, -0.05) is 26.0 Å². The van der Waals surface area contributed by atoms with Gasteiger partial charge in [0.15, 0.2) is 0 Å². The van der Waals surface area contributed by atoms with Crippen LogP contribution in [0.4, 0.5) is 11.5 Å². The van der Waals surface area contributed by atoms with E-state index in [0.717, 1.165) is 25.9 Å². The van der Waals surface area contributed by atoms with Gasteiger partial charge in [0.1, 0.15) is 11.5 Å². The number of primary amides is 1. The summed E-state index contributed by atoms with van der Waals surface area (Å²) in [5.74, 6) is -0.507. The Morgan fingerprint density at radius 3 is 2.51 bits per heavy atom. The van der Waals surface area contributed by atoms with Crippen LogP contribution in [0.5, 0.6) is 0 Å². The Morgan fingerprint density at radius 1 is 1.17 bits per heavy atom. The first-order chi connectivity index (χ1) is 16.6. The van der Waals surface area contributed by atoms with Crippen LogP contribution in [0.15, 0.2) is 47.4 Å². The molecule has 0 spiro atoms. The predicted octanol–water partition coefficient (Wildman–Crippen LogP) is 3.38. The second kappa shape index (κ2) is 9.40. The lowest BCUT2D eigenvalue weighted by Crippen LogP contribution is -2.38. The minimum Gasteiger partial charge on any atom is -0.465 e. The van der Waals surface area contributed by atoms with E-state index in [9.17, 15) is 14.4 Å². The maximum absolute atomic E-state index is 13.2. The molecule has 0 radical (unpaired) electrons. The number of nitrogens with zero attached hydrogens (tertiary/aromatic N) is 3. The van der Waals surface area contributed by atoms with Gasteiger partial charge in [-0.05, 0) is 43.4 Å². The number of carbonyl (C=O) groups is 2. The van der Waals surface area contributed by atoms with Crippen molar-refractivity contribution in [3.63, 3.8) is 0 Å². The highest BCUT2D eigenvalue weighted by atomic mass is 16.5. The molecule has 1 saturated heterocycles. The Kier molecular flexibility index (Phi) is 6.51. The zero-order valence-electron chi connectivity index (χ0n) is 20.5. The normalized spacial score (nSPS) is 16.1. The van der Waals surface area contributed by atoms with E-state index in [0.29, 0.717) is 28.3 Å². The molecule has 184 valence electrons. The zero-order valence-corrected chi connectivity index (χ0v) is 20.5. The van der Waals surface area contributed by atoms with Crippen molar-refractivity contribution in [3.05, 3.63) is 69.6 Å². The SMILES string of the molecule is COC(=O)c1cc(C(C)Nc2ccccc2C(N)=O)c2nc(N3CCC(C)(C)CC3)cc(=O)n2c1. The fourth-order valence-corrected chi connectivity index (χ4v) is 4.40. The fraction of sp³-hybridized carbons (Fsp3) is 0.385. The number of amides is 1. The van der Waals surface area contributed by atoms with Crippen LogP contribution in [0, 0.1) is 5.41 Å². The number of rotatable bonds is 6. The predicted molar refractivity (Wildman–Crippen MR) is 135 cm³/mol. The minimum atomic E-state index is -0.563. The number of nitrogens with one attached hydrogen (secondary N) is 1. The summed E-state index contributed by atoms with van der Waals surface area (Å²) in [5.41, 5.74) is 7.67. The molecule has 3 heterocycles. The smallest absolute Gasteiger partial charge is 0.339 e. The molecule has 0 bridgehead atoms. The third-order valence-electron chi connectivity index (χ3n) is 6.67. The molecule has 1 atom stereocenters. The van der Waals surface area contributed by atoms with Crippen LogP contribution in [0.1, 0.15) is 65.9 Å². The molecule has 2 aromatic heterocycles. The Labute approximate surface area is 203 Å². The number of fused-ring (bicyclic) bond motifs is 1. The Hall–Kier alpha value is -3.88. The molecule has 0 aliphatic carbocycles. The van der Waals surface area contributed by atoms with Gasteiger partial charge in [0.05, 0.1) is 24.3 Å². The van der Waals surface area contributed by atoms with Crippen LogP contribution in [0.2, 0.25) is 0 Å². The highest BCUT2D eigenvalue weighted by Crippen LogP contribution is 2.32. The minimum absolute atomic E-state index is 0.225. The molecule has 9 nitrogen and oxygen atoms in total. The Morgan fingerprint density at radius 2 is 1.86 bits per heavy atom. The van der Waals surface area contributed by atoms with E-state index in [4.69, 9.17) is 15.5 Å². The molecule has 1 aromatic carbocycles. The highest BCUT2D eigenvalue weighted by molar-refractivity contribution is 5.98. The molecule has 0 saturated carbocycles. The summed E-state index contributed by atoms with van der Waals surface area (Å²) in [4.78, 5) is 44.4. The van der Waals surface area contributed by atoms with Crippen molar-refractivity contribution in [2.75, 3.05) is 30.4 Å². The van der Waals surface area contributed by atoms with Gasteiger partial charge in [0.2, 0.25) is 0 Å². The Bertz CT molecular complexity index is 1340. The number of pyridine rings is 1. The van der Waals surface area contributed by atoms with Crippen LogP contribution in [0.25, 0.3) is 5.65 Å². The average molecular weight is 478 g/mol. The maximum atomic E-state index is 13.2. The van der Waals surface area contributed by atoms with Crippen LogP contribution in [0.3, 0.4) is 0 Å². The van der Waals surface area contributed by atoms with Gasteiger partial charge in [-0.15, -0.1) is 0 Å². The first-order valence-electron chi connectivity index (χ1n) is 11.7. The number of ether oxygens (including phenoxy) is 1. The molecule has 35 heavy (non-hydrogen) atoms. The summed E-state index contributed by atoms with van der Waals surface area (Å²) in [6.45, 7) is 7.99. The first-order valence-corrected chi connectivity index (χ1v) is 11.7. The molecule has 3 N–H and O–H groups in total. The Balaban J connectivity index is 1.82. The number of nitrogens with two attached hydrogens (primary N) is 1. The van der Waals surface area contributed by atoms with E-state index in [2.05, 4.69) is 24.1 Å². The van der Waals surface area contributed by atoms with Crippen LogP contribution in [-0.2, 0) is 4.74 Å². The lowest BCUT2D eigenvalue weighted by Gasteiger charge is -2.37. The van der Waals surface area contributed by atoms with Crippen LogP contribution < -0.4 is 21.5 Å². The number of esters is 1. The quantitative estimate of drug-likeness (QED) is 0.522. The number of hydrogen-bond acceptors (Lipinski definition) is 7. The maximum Gasteiger partial charge on any atom is 0.339 e. The number of aromatic nitrogens is 2. The van der Waals surface area contributed by atoms with Crippen molar-refractivity contribution in [3.8, 4) is 0 Å². The van der Waals surface area contributed by atoms with Crippen LogP contribution >= 0.6 is 0 Å². The molecule has 9 heteroatoms. The first kappa shape index (κ1) is 24.3. The summed E-state index contributed by atoms with van der Waals surface area (Å²) < 4.78 is 6.27. The number of methoxy groups -OCH3 is 1. The van der Waals surface area contributed by atoms with E-state index in [-0.39, 0.29) is 16.5 Å². The number of hydrogen-bond donors (Lipinski definition) is 2. The van der Waals surface area contributed by atoms with Gasteiger partial charge in [0.25, 0.3) is 11.5 Å². The number of carbonyl (C=O) groups excluding carboxylic acids is 2. The molecular weight excluding hydrogens is 446 g/mol.